The minimum absolute atomic E-state index is 0.0428. The molecule has 0 aliphatic heterocycles. The second kappa shape index (κ2) is 11.3. The Kier molecular flexibility index (Phi) is 9.80. The van der Waals surface area contributed by atoms with Gasteiger partial charge in [-0.3, -0.25) is 14.7 Å². The van der Waals surface area contributed by atoms with Gasteiger partial charge in [0.2, 0.25) is 12.6 Å². The molecule has 1 aromatic rings. The zero-order valence-corrected chi connectivity index (χ0v) is 16.6. The molecule has 148 valence electrons. The van der Waals surface area contributed by atoms with Gasteiger partial charge in [0, 0.05) is 24.3 Å². The summed E-state index contributed by atoms with van der Waals surface area (Å²) in [5, 5.41) is 11.2. The zero-order valence-electron chi connectivity index (χ0n) is 15.8. The van der Waals surface area contributed by atoms with E-state index >= 15 is 0 Å². The second-order valence-corrected chi connectivity index (χ2v) is 8.03. The van der Waals surface area contributed by atoms with Crippen LogP contribution in [0.3, 0.4) is 0 Å². The SMILES string of the molecule is CCOC(OCC)P(=O)(CC(C[N+](=O)[O-])c1ccc(OC)cc1)OCC. The van der Waals surface area contributed by atoms with Crippen LogP contribution in [0.2, 0.25) is 0 Å². The summed E-state index contributed by atoms with van der Waals surface area (Å²) < 4.78 is 35.1. The number of rotatable bonds is 13. The fourth-order valence-electron chi connectivity index (χ4n) is 2.61. The minimum atomic E-state index is -3.44. The maximum absolute atomic E-state index is 13.5. The van der Waals surface area contributed by atoms with Gasteiger partial charge in [0.15, 0.2) is 0 Å². The van der Waals surface area contributed by atoms with Crippen molar-refractivity contribution in [1.82, 2.24) is 0 Å². The van der Waals surface area contributed by atoms with Crippen LogP contribution in [0.25, 0.3) is 0 Å². The van der Waals surface area contributed by atoms with E-state index in [2.05, 4.69) is 0 Å². The van der Waals surface area contributed by atoms with Crippen molar-refractivity contribution in [2.45, 2.75) is 32.7 Å². The number of benzene rings is 1. The van der Waals surface area contributed by atoms with Crippen molar-refractivity contribution in [2.24, 2.45) is 0 Å². The first-order valence-corrected chi connectivity index (χ1v) is 10.5. The molecule has 2 atom stereocenters. The highest BCUT2D eigenvalue weighted by Gasteiger charge is 2.40. The molecule has 1 aromatic carbocycles. The van der Waals surface area contributed by atoms with Gasteiger partial charge in [-0.15, -0.1) is 0 Å². The molecule has 0 fully saturated rings. The first-order valence-electron chi connectivity index (χ1n) is 8.62. The molecule has 1 rings (SSSR count). The number of hydrogen-bond donors (Lipinski definition) is 0. The lowest BCUT2D eigenvalue weighted by atomic mass is 10.0. The Morgan fingerprint density at radius 3 is 2.08 bits per heavy atom. The van der Waals surface area contributed by atoms with Gasteiger partial charge in [-0.05, 0) is 38.5 Å². The van der Waals surface area contributed by atoms with Crippen molar-refractivity contribution in [1.29, 1.82) is 0 Å². The Morgan fingerprint density at radius 1 is 1.08 bits per heavy atom. The van der Waals surface area contributed by atoms with E-state index in [-0.39, 0.29) is 19.3 Å². The fourth-order valence-corrected chi connectivity index (χ4v) is 5.14. The topological polar surface area (TPSA) is 97.1 Å². The highest BCUT2D eigenvalue weighted by molar-refractivity contribution is 7.59. The van der Waals surface area contributed by atoms with Gasteiger partial charge < -0.3 is 18.7 Å². The zero-order chi connectivity index (χ0) is 19.6. The first kappa shape index (κ1) is 22.6. The smallest absolute Gasteiger partial charge is 0.258 e. The summed E-state index contributed by atoms with van der Waals surface area (Å²) in [7, 11) is -1.90. The van der Waals surface area contributed by atoms with Gasteiger partial charge in [-0.2, -0.15) is 0 Å². The summed E-state index contributed by atoms with van der Waals surface area (Å²) in [6.07, 6.45) is -0.0428. The van der Waals surface area contributed by atoms with Crippen molar-refractivity contribution in [2.75, 3.05) is 39.6 Å². The Morgan fingerprint density at radius 2 is 1.65 bits per heavy atom. The average Bonchev–Trinajstić information content (AvgIpc) is 2.61. The van der Waals surface area contributed by atoms with Gasteiger partial charge in [-0.25, -0.2) is 0 Å². The summed E-state index contributed by atoms with van der Waals surface area (Å²) in [6.45, 7) is 5.67. The van der Waals surface area contributed by atoms with Gasteiger partial charge in [-0.1, -0.05) is 12.1 Å². The molecule has 9 heteroatoms. The van der Waals surface area contributed by atoms with Gasteiger partial charge in [0.05, 0.1) is 19.6 Å². The number of ether oxygens (including phenoxy) is 3. The van der Waals surface area contributed by atoms with Crippen LogP contribution in [-0.4, -0.2) is 50.6 Å². The molecule has 0 saturated carbocycles. The molecule has 0 spiro atoms. The monoisotopic (exact) mass is 389 g/mol. The van der Waals surface area contributed by atoms with Crippen molar-refractivity contribution in [3.05, 3.63) is 39.9 Å². The summed E-state index contributed by atoms with van der Waals surface area (Å²) in [4.78, 5) is 10.7. The third kappa shape index (κ3) is 6.68. The lowest BCUT2D eigenvalue weighted by Gasteiger charge is -2.28. The van der Waals surface area contributed by atoms with E-state index in [4.69, 9.17) is 18.7 Å². The standard InChI is InChI=1S/C17H28NO7P/c1-5-23-17(24-6-2)26(21,25-7-3)13-15(12-18(19)20)14-8-10-16(22-4)11-9-14/h8-11,15,17H,5-7,12-13H2,1-4H3. The summed E-state index contributed by atoms with van der Waals surface area (Å²) in [6, 6.07) is 5.87. The Balaban J connectivity index is 3.16. The number of hydrogen-bond acceptors (Lipinski definition) is 7. The third-order valence-corrected chi connectivity index (χ3v) is 6.30. The van der Waals surface area contributed by atoms with E-state index in [1.165, 1.54) is 0 Å². The van der Waals surface area contributed by atoms with Gasteiger partial charge in [0.1, 0.15) is 5.75 Å². The number of methoxy groups -OCH3 is 1. The van der Waals surface area contributed by atoms with Crippen LogP contribution in [0.1, 0.15) is 32.3 Å². The van der Waals surface area contributed by atoms with E-state index in [0.717, 1.165) is 0 Å². The van der Waals surface area contributed by atoms with E-state index in [1.807, 2.05) is 0 Å². The summed E-state index contributed by atoms with van der Waals surface area (Å²) in [5.41, 5.74) is 0.689. The van der Waals surface area contributed by atoms with Crippen LogP contribution in [0.5, 0.6) is 5.75 Å². The molecule has 26 heavy (non-hydrogen) atoms. The van der Waals surface area contributed by atoms with E-state index in [9.17, 15) is 14.7 Å². The number of nitrogens with zero attached hydrogens (tertiary/aromatic N) is 1. The average molecular weight is 389 g/mol. The van der Waals surface area contributed by atoms with E-state index in [0.29, 0.717) is 24.5 Å². The maximum atomic E-state index is 13.5. The van der Waals surface area contributed by atoms with Gasteiger partial charge in [0.25, 0.3) is 7.37 Å². The van der Waals surface area contributed by atoms with E-state index < -0.39 is 24.2 Å². The Bertz CT molecular complexity index is 587. The lowest BCUT2D eigenvalue weighted by Crippen LogP contribution is -2.25. The van der Waals surface area contributed by atoms with Crippen molar-refractivity contribution >= 4 is 7.37 Å². The molecule has 0 heterocycles. The normalized spacial score (nSPS) is 14.8. The molecular formula is C17H28NO7P. The quantitative estimate of drug-likeness (QED) is 0.219. The van der Waals surface area contributed by atoms with Gasteiger partial charge >= 0.3 is 0 Å². The van der Waals surface area contributed by atoms with Crippen LogP contribution >= 0.6 is 7.37 Å². The lowest BCUT2D eigenvalue weighted by molar-refractivity contribution is -0.482. The molecule has 0 saturated heterocycles. The summed E-state index contributed by atoms with van der Waals surface area (Å²) in [5.74, 6) is 0.0415. The maximum Gasteiger partial charge on any atom is 0.258 e. The molecule has 0 aliphatic rings. The molecule has 2 unspecified atom stereocenters. The molecule has 0 amide bonds. The predicted molar refractivity (Wildman–Crippen MR) is 98.7 cm³/mol. The van der Waals surface area contributed by atoms with Crippen LogP contribution in [0.4, 0.5) is 0 Å². The second-order valence-electron chi connectivity index (χ2n) is 5.53. The molecule has 0 radical (unpaired) electrons. The first-order chi connectivity index (χ1) is 12.4. The molecule has 0 aromatic heterocycles. The molecule has 0 bridgehead atoms. The molecule has 0 N–H and O–H groups in total. The largest absolute Gasteiger partial charge is 0.497 e. The third-order valence-electron chi connectivity index (χ3n) is 3.72. The van der Waals surface area contributed by atoms with Crippen molar-refractivity contribution < 1.29 is 28.2 Å². The Labute approximate surface area is 154 Å². The minimum Gasteiger partial charge on any atom is -0.497 e. The van der Waals surface area contributed by atoms with Crippen LogP contribution in [0, 0.1) is 10.1 Å². The molecule has 8 nitrogen and oxygen atoms in total. The number of nitro groups is 1. The Hall–Kier alpha value is -1.47. The molecular weight excluding hydrogens is 361 g/mol. The predicted octanol–water partition coefficient (Wildman–Crippen LogP) is 3.73. The van der Waals surface area contributed by atoms with Crippen LogP contribution in [-0.2, 0) is 18.6 Å². The van der Waals surface area contributed by atoms with Crippen LogP contribution < -0.4 is 4.74 Å². The fraction of sp³-hybridized carbons (Fsp3) is 0.647. The van der Waals surface area contributed by atoms with Crippen molar-refractivity contribution in [3.63, 3.8) is 0 Å². The van der Waals surface area contributed by atoms with Crippen LogP contribution in [0.15, 0.2) is 24.3 Å². The summed E-state index contributed by atoms with van der Waals surface area (Å²) >= 11 is 0. The highest BCUT2D eigenvalue weighted by atomic mass is 31.2. The highest BCUT2D eigenvalue weighted by Crippen LogP contribution is 2.55. The molecule has 0 aliphatic carbocycles. The van der Waals surface area contributed by atoms with Crippen molar-refractivity contribution in [3.8, 4) is 5.75 Å². The van der Waals surface area contributed by atoms with E-state index in [1.54, 1.807) is 52.1 Å².